The Balaban J connectivity index is 2.24. The summed E-state index contributed by atoms with van der Waals surface area (Å²) in [4.78, 5) is 11.4. The van der Waals surface area contributed by atoms with E-state index in [-0.39, 0.29) is 5.92 Å². The van der Waals surface area contributed by atoms with Crippen molar-refractivity contribution in [3.8, 4) is 0 Å². The van der Waals surface area contributed by atoms with Crippen molar-refractivity contribution < 1.29 is 14.6 Å². The molecule has 0 aromatic carbocycles. The smallest absolute Gasteiger partial charge is 0.326 e. The summed E-state index contributed by atoms with van der Waals surface area (Å²) in [5, 5.41) is 17.3. The number of carboxylic acid groups (broad SMARTS) is 1. The van der Waals surface area contributed by atoms with Crippen LogP contribution >= 0.6 is 0 Å². The van der Waals surface area contributed by atoms with E-state index in [0.717, 1.165) is 12.2 Å². The Hall–Kier alpha value is -1.43. The van der Waals surface area contributed by atoms with Gasteiger partial charge in [0.2, 0.25) is 0 Å². The summed E-state index contributed by atoms with van der Waals surface area (Å²) in [5.41, 5.74) is 0. The first-order chi connectivity index (χ1) is 8.59. The molecule has 2 rings (SSSR count). The maximum Gasteiger partial charge on any atom is 0.326 e. The second-order valence-corrected chi connectivity index (χ2v) is 5.14. The van der Waals surface area contributed by atoms with E-state index in [1.165, 1.54) is 6.33 Å². The summed E-state index contributed by atoms with van der Waals surface area (Å²) >= 11 is 0. The minimum absolute atomic E-state index is 0.168. The highest BCUT2D eigenvalue weighted by Gasteiger charge is 2.29. The second kappa shape index (κ2) is 5.48. The first-order valence-electron chi connectivity index (χ1n) is 6.29. The van der Waals surface area contributed by atoms with Gasteiger partial charge >= 0.3 is 5.97 Å². The van der Waals surface area contributed by atoms with E-state index in [1.54, 1.807) is 4.57 Å². The molecule has 1 aromatic rings. The van der Waals surface area contributed by atoms with Gasteiger partial charge in [-0.2, -0.15) is 0 Å². The van der Waals surface area contributed by atoms with E-state index in [0.29, 0.717) is 25.6 Å². The van der Waals surface area contributed by atoms with Gasteiger partial charge in [-0.15, -0.1) is 10.2 Å². The average molecular weight is 253 g/mol. The van der Waals surface area contributed by atoms with Crippen molar-refractivity contribution in [2.24, 2.45) is 5.92 Å². The van der Waals surface area contributed by atoms with E-state index in [2.05, 4.69) is 10.2 Å². The number of aliphatic carboxylic acids is 1. The van der Waals surface area contributed by atoms with Crippen LogP contribution in [0.15, 0.2) is 6.33 Å². The molecule has 0 spiro atoms. The molecular weight excluding hydrogens is 234 g/mol. The fourth-order valence-corrected chi connectivity index (χ4v) is 2.30. The molecule has 0 amide bonds. The van der Waals surface area contributed by atoms with Crippen molar-refractivity contribution in [3.63, 3.8) is 0 Å². The lowest BCUT2D eigenvalue weighted by molar-refractivity contribution is -0.141. The molecule has 18 heavy (non-hydrogen) atoms. The molecule has 1 fully saturated rings. The van der Waals surface area contributed by atoms with Crippen LogP contribution in [-0.2, 0) is 9.53 Å². The first kappa shape index (κ1) is 13.0. The summed E-state index contributed by atoms with van der Waals surface area (Å²) in [7, 11) is 0. The Morgan fingerprint density at radius 2 is 2.44 bits per heavy atom. The molecule has 6 nitrogen and oxygen atoms in total. The van der Waals surface area contributed by atoms with Gasteiger partial charge in [0.05, 0.1) is 6.61 Å². The first-order valence-corrected chi connectivity index (χ1v) is 6.29. The lowest BCUT2D eigenvalue weighted by Crippen LogP contribution is -2.23. The second-order valence-electron chi connectivity index (χ2n) is 5.14. The lowest BCUT2D eigenvalue weighted by atomic mass is 10.0. The number of ether oxygens (including phenoxy) is 1. The van der Waals surface area contributed by atoms with Crippen LogP contribution in [0.4, 0.5) is 0 Å². The van der Waals surface area contributed by atoms with E-state index in [4.69, 9.17) is 4.74 Å². The number of rotatable bonds is 5. The molecule has 0 aliphatic carbocycles. The quantitative estimate of drug-likeness (QED) is 0.859. The van der Waals surface area contributed by atoms with E-state index < -0.39 is 12.0 Å². The minimum Gasteiger partial charge on any atom is -0.480 e. The molecule has 0 radical (unpaired) electrons. The van der Waals surface area contributed by atoms with Crippen molar-refractivity contribution in [1.29, 1.82) is 0 Å². The Bertz CT molecular complexity index is 410. The Morgan fingerprint density at radius 1 is 1.67 bits per heavy atom. The summed E-state index contributed by atoms with van der Waals surface area (Å²) in [6, 6.07) is -0.587. The Labute approximate surface area is 106 Å². The van der Waals surface area contributed by atoms with Crippen LogP contribution in [0, 0.1) is 5.92 Å². The van der Waals surface area contributed by atoms with Gasteiger partial charge in [-0.1, -0.05) is 13.8 Å². The van der Waals surface area contributed by atoms with Gasteiger partial charge in [-0.3, -0.25) is 0 Å². The predicted molar refractivity (Wildman–Crippen MR) is 64.3 cm³/mol. The Kier molecular flexibility index (Phi) is 3.96. The minimum atomic E-state index is -0.830. The molecule has 0 bridgehead atoms. The molecule has 1 aliphatic rings. The number of aromatic nitrogens is 3. The van der Waals surface area contributed by atoms with Crippen LogP contribution in [0.1, 0.15) is 44.5 Å². The number of nitrogens with zero attached hydrogens (tertiary/aromatic N) is 3. The van der Waals surface area contributed by atoms with Crippen molar-refractivity contribution in [2.75, 3.05) is 13.2 Å². The molecule has 2 atom stereocenters. The zero-order valence-corrected chi connectivity index (χ0v) is 10.7. The summed E-state index contributed by atoms with van der Waals surface area (Å²) in [6.45, 7) is 5.34. The van der Waals surface area contributed by atoms with Crippen molar-refractivity contribution in [3.05, 3.63) is 12.2 Å². The maximum absolute atomic E-state index is 11.4. The van der Waals surface area contributed by atoms with Gasteiger partial charge in [0.1, 0.15) is 18.2 Å². The maximum atomic E-state index is 11.4. The summed E-state index contributed by atoms with van der Waals surface area (Å²) in [6.07, 6.45) is 2.98. The molecule has 1 saturated heterocycles. The van der Waals surface area contributed by atoms with Crippen molar-refractivity contribution in [1.82, 2.24) is 14.8 Å². The highest BCUT2D eigenvalue weighted by molar-refractivity contribution is 5.71. The van der Waals surface area contributed by atoms with Gasteiger partial charge in [-0.05, 0) is 18.8 Å². The summed E-state index contributed by atoms with van der Waals surface area (Å²) < 4.78 is 7.02. The van der Waals surface area contributed by atoms with Crippen LogP contribution in [0.25, 0.3) is 0 Å². The van der Waals surface area contributed by atoms with Gasteiger partial charge in [0, 0.05) is 12.5 Å². The van der Waals surface area contributed by atoms with Gasteiger partial charge in [0.25, 0.3) is 0 Å². The third-order valence-electron chi connectivity index (χ3n) is 3.21. The predicted octanol–water partition coefficient (Wildman–Crippen LogP) is 1.45. The number of carbonyl (C=O) groups is 1. The van der Waals surface area contributed by atoms with Crippen LogP contribution in [0.3, 0.4) is 0 Å². The third kappa shape index (κ3) is 2.69. The van der Waals surface area contributed by atoms with Gasteiger partial charge < -0.3 is 14.4 Å². The van der Waals surface area contributed by atoms with Crippen molar-refractivity contribution in [2.45, 2.75) is 38.6 Å². The molecule has 6 heteroatoms. The van der Waals surface area contributed by atoms with Gasteiger partial charge in [-0.25, -0.2) is 4.79 Å². The molecule has 2 unspecified atom stereocenters. The highest BCUT2D eigenvalue weighted by atomic mass is 16.5. The van der Waals surface area contributed by atoms with Crippen LogP contribution in [-0.4, -0.2) is 39.1 Å². The molecule has 2 heterocycles. The van der Waals surface area contributed by atoms with Crippen LogP contribution < -0.4 is 0 Å². The van der Waals surface area contributed by atoms with E-state index >= 15 is 0 Å². The van der Waals surface area contributed by atoms with Crippen LogP contribution in [0.2, 0.25) is 0 Å². The molecule has 0 saturated carbocycles. The van der Waals surface area contributed by atoms with Crippen molar-refractivity contribution >= 4 is 5.97 Å². The molecule has 100 valence electrons. The Morgan fingerprint density at radius 3 is 3.00 bits per heavy atom. The van der Waals surface area contributed by atoms with E-state index in [9.17, 15) is 9.90 Å². The topological polar surface area (TPSA) is 77.2 Å². The largest absolute Gasteiger partial charge is 0.480 e. The summed E-state index contributed by atoms with van der Waals surface area (Å²) in [5.74, 6) is 0.381. The number of carboxylic acids is 1. The fraction of sp³-hybridized carbons (Fsp3) is 0.750. The zero-order valence-electron chi connectivity index (χ0n) is 10.7. The highest BCUT2D eigenvalue weighted by Crippen LogP contribution is 2.27. The molecular formula is C12H19N3O3. The molecule has 1 aromatic heterocycles. The average Bonchev–Trinajstić information content (AvgIpc) is 2.95. The van der Waals surface area contributed by atoms with Crippen LogP contribution in [0.5, 0.6) is 0 Å². The molecule has 1 N–H and O–H groups in total. The normalized spacial score (nSPS) is 21.4. The van der Waals surface area contributed by atoms with E-state index in [1.807, 2.05) is 13.8 Å². The molecule has 1 aliphatic heterocycles. The number of hydrogen-bond acceptors (Lipinski definition) is 4. The lowest BCUT2D eigenvalue weighted by Gasteiger charge is -2.19. The fourth-order valence-electron chi connectivity index (χ4n) is 2.30. The standard InChI is InChI=1S/C12H19N3O3/c1-8(2)5-10(12(16)17)15-7-13-14-11(15)9-3-4-18-6-9/h7-10H,3-6H2,1-2H3,(H,16,17). The number of hydrogen-bond donors (Lipinski definition) is 1. The monoisotopic (exact) mass is 253 g/mol. The zero-order chi connectivity index (χ0) is 13.1. The third-order valence-corrected chi connectivity index (χ3v) is 3.21. The van der Waals surface area contributed by atoms with Gasteiger partial charge in [0.15, 0.2) is 0 Å². The SMILES string of the molecule is CC(C)CC(C(=O)O)n1cnnc1C1CCOC1.